The maximum atomic E-state index is 12.9. The van der Waals surface area contributed by atoms with Gasteiger partial charge in [0, 0.05) is 31.7 Å². The SMILES string of the molecule is Cc1nn(C)c(C)c1CC(C)C(=O)N1CC[C@@H]2CNC[C@@H]2CC1. The third kappa shape index (κ3) is 3.30. The Morgan fingerprint density at radius 3 is 2.39 bits per heavy atom. The van der Waals surface area contributed by atoms with E-state index in [-0.39, 0.29) is 5.92 Å². The molecule has 0 bridgehead atoms. The molecule has 0 radical (unpaired) electrons. The fourth-order valence-electron chi connectivity index (χ4n) is 4.26. The molecule has 1 aromatic rings. The molecule has 0 spiro atoms. The molecule has 2 aliphatic heterocycles. The molecule has 3 rings (SSSR count). The van der Waals surface area contributed by atoms with Gasteiger partial charge in [0.05, 0.1) is 5.69 Å². The van der Waals surface area contributed by atoms with Gasteiger partial charge in [0.25, 0.3) is 0 Å². The number of hydrogen-bond donors (Lipinski definition) is 1. The molecule has 1 aromatic heterocycles. The van der Waals surface area contributed by atoms with Crippen LogP contribution in [0.3, 0.4) is 0 Å². The van der Waals surface area contributed by atoms with Crippen LogP contribution < -0.4 is 5.32 Å². The predicted octanol–water partition coefficient (Wildman–Crippen LogP) is 1.67. The van der Waals surface area contributed by atoms with Gasteiger partial charge in [-0.1, -0.05) is 6.92 Å². The van der Waals surface area contributed by atoms with Crippen molar-refractivity contribution in [1.29, 1.82) is 0 Å². The van der Waals surface area contributed by atoms with Crippen LogP contribution in [0.4, 0.5) is 0 Å². The zero-order valence-electron chi connectivity index (χ0n) is 14.9. The van der Waals surface area contributed by atoms with Gasteiger partial charge in [-0.05, 0) is 63.6 Å². The van der Waals surface area contributed by atoms with Crippen LogP contribution in [-0.2, 0) is 18.3 Å². The highest BCUT2D eigenvalue weighted by Gasteiger charge is 2.32. The van der Waals surface area contributed by atoms with Crippen LogP contribution in [0.5, 0.6) is 0 Å². The van der Waals surface area contributed by atoms with Crippen LogP contribution in [0.2, 0.25) is 0 Å². The first-order valence-electron chi connectivity index (χ1n) is 8.96. The number of rotatable bonds is 3. The van der Waals surface area contributed by atoms with Gasteiger partial charge >= 0.3 is 0 Å². The van der Waals surface area contributed by atoms with E-state index in [0.717, 1.165) is 63.0 Å². The van der Waals surface area contributed by atoms with Gasteiger partial charge in [0.2, 0.25) is 5.91 Å². The number of carbonyl (C=O) groups is 1. The summed E-state index contributed by atoms with van der Waals surface area (Å²) in [5.41, 5.74) is 3.48. The topological polar surface area (TPSA) is 50.2 Å². The first-order valence-corrected chi connectivity index (χ1v) is 8.96. The summed E-state index contributed by atoms with van der Waals surface area (Å²) in [6.07, 6.45) is 3.11. The van der Waals surface area contributed by atoms with Crippen molar-refractivity contribution in [3.8, 4) is 0 Å². The van der Waals surface area contributed by atoms with Crippen LogP contribution in [-0.4, -0.2) is 46.8 Å². The zero-order chi connectivity index (χ0) is 16.6. The Morgan fingerprint density at radius 2 is 1.87 bits per heavy atom. The van der Waals surface area contributed by atoms with Crippen molar-refractivity contribution >= 4 is 5.91 Å². The van der Waals surface area contributed by atoms with Gasteiger partial charge in [0.15, 0.2) is 0 Å². The second-order valence-electron chi connectivity index (χ2n) is 7.46. The summed E-state index contributed by atoms with van der Waals surface area (Å²) in [5.74, 6) is 1.89. The molecule has 0 aliphatic carbocycles. The highest BCUT2D eigenvalue weighted by Crippen LogP contribution is 2.28. The summed E-state index contributed by atoms with van der Waals surface area (Å²) in [6, 6.07) is 0. The minimum Gasteiger partial charge on any atom is -0.342 e. The van der Waals surface area contributed by atoms with Crippen LogP contribution in [0.1, 0.15) is 36.7 Å². The zero-order valence-corrected chi connectivity index (χ0v) is 14.9. The Hall–Kier alpha value is -1.36. The Balaban J connectivity index is 1.63. The lowest BCUT2D eigenvalue weighted by Crippen LogP contribution is -2.37. The Bertz CT molecular complexity index is 566. The smallest absolute Gasteiger partial charge is 0.225 e. The molecular formula is C18H30N4O. The first kappa shape index (κ1) is 16.5. The third-order valence-corrected chi connectivity index (χ3v) is 5.92. The number of hydrogen-bond acceptors (Lipinski definition) is 3. The van der Waals surface area contributed by atoms with E-state index in [4.69, 9.17) is 0 Å². The van der Waals surface area contributed by atoms with E-state index in [9.17, 15) is 4.79 Å². The molecule has 2 aliphatic rings. The molecular weight excluding hydrogens is 288 g/mol. The molecule has 128 valence electrons. The maximum absolute atomic E-state index is 12.9. The number of aromatic nitrogens is 2. The van der Waals surface area contributed by atoms with E-state index >= 15 is 0 Å². The van der Waals surface area contributed by atoms with Crippen LogP contribution in [0.25, 0.3) is 0 Å². The summed E-state index contributed by atoms with van der Waals surface area (Å²) >= 11 is 0. The van der Waals surface area contributed by atoms with Gasteiger partial charge in [-0.25, -0.2) is 0 Å². The van der Waals surface area contributed by atoms with Crippen LogP contribution in [0.15, 0.2) is 0 Å². The minimum absolute atomic E-state index is 0.0349. The summed E-state index contributed by atoms with van der Waals surface area (Å²) in [7, 11) is 1.97. The molecule has 2 saturated heterocycles. The van der Waals surface area contributed by atoms with Gasteiger partial charge in [0.1, 0.15) is 0 Å². The van der Waals surface area contributed by atoms with Crippen LogP contribution >= 0.6 is 0 Å². The van der Waals surface area contributed by atoms with Crippen molar-refractivity contribution in [1.82, 2.24) is 20.0 Å². The monoisotopic (exact) mass is 318 g/mol. The molecule has 0 saturated carbocycles. The van der Waals surface area contributed by atoms with Gasteiger partial charge in [-0.3, -0.25) is 9.48 Å². The third-order valence-electron chi connectivity index (χ3n) is 5.92. The molecule has 3 heterocycles. The Kier molecular flexibility index (Phi) is 4.76. The quantitative estimate of drug-likeness (QED) is 0.922. The molecule has 1 amide bonds. The molecule has 5 nitrogen and oxygen atoms in total. The molecule has 5 heteroatoms. The molecule has 1 N–H and O–H groups in total. The number of fused-ring (bicyclic) bond motifs is 1. The van der Waals surface area contributed by atoms with Gasteiger partial charge in [-0.15, -0.1) is 0 Å². The largest absolute Gasteiger partial charge is 0.342 e. The predicted molar refractivity (Wildman–Crippen MR) is 91.2 cm³/mol. The molecule has 3 atom stereocenters. The van der Waals surface area contributed by atoms with E-state index in [0.29, 0.717) is 5.91 Å². The number of aryl methyl sites for hydroxylation is 2. The summed E-state index contributed by atoms with van der Waals surface area (Å²) in [5, 5.41) is 7.97. The fraction of sp³-hybridized carbons (Fsp3) is 0.778. The number of nitrogens with one attached hydrogen (secondary N) is 1. The lowest BCUT2D eigenvalue weighted by molar-refractivity contribution is -0.135. The number of nitrogens with zero attached hydrogens (tertiary/aromatic N) is 3. The van der Waals surface area contributed by atoms with Crippen molar-refractivity contribution < 1.29 is 4.79 Å². The first-order chi connectivity index (χ1) is 11.0. The Labute approximate surface area is 139 Å². The summed E-state index contributed by atoms with van der Waals surface area (Å²) in [6.45, 7) is 10.3. The second kappa shape index (κ2) is 6.63. The highest BCUT2D eigenvalue weighted by molar-refractivity contribution is 5.79. The standard InChI is InChI=1S/C18H30N4O/c1-12(9-17-13(2)20-21(4)14(17)3)18(23)22-7-5-15-10-19-11-16(15)6-8-22/h12,15-16,19H,5-11H2,1-4H3/t12?,15-,16+. The second-order valence-corrected chi connectivity index (χ2v) is 7.46. The maximum Gasteiger partial charge on any atom is 0.225 e. The van der Waals surface area contributed by atoms with Crippen molar-refractivity contribution in [3.05, 3.63) is 17.0 Å². The lowest BCUT2D eigenvalue weighted by atomic mass is 9.92. The Morgan fingerprint density at radius 1 is 1.26 bits per heavy atom. The molecule has 2 fully saturated rings. The number of amides is 1. The summed E-state index contributed by atoms with van der Waals surface area (Å²) < 4.78 is 1.92. The van der Waals surface area contributed by atoms with Crippen molar-refractivity contribution in [3.63, 3.8) is 0 Å². The van der Waals surface area contributed by atoms with Crippen molar-refractivity contribution in [2.75, 3.05) is 26.2 Å². The average Bonchev–Trinajstić information content (AvgIpc) is 2.99. The molecule has 0 aromatic carbocycles. The molecule has 23 heavy (non-hydrogen) atoms. The lowest BCUT2D eigenvalue weighted by Gasteiger charge is -2.24. The number of carbonyl (C=O) groups excluding carboxylic acids is 1. The minimum atomic E-state index is 0.0349. The van der Waals surface area contributed by atoms with Crippen LogP contribution in [0, 0.1) is 31.6 Å². The van der Waals surface area contributed by atoms with Crippen molar-refractivity contribution in [2.45, 2.75) is 40.0 Å². The average molecular weight is 318 g/mol. The van der Waals surface area contributed by atoms with E-state index in [1.54, 1.807) is 0 Å². The fourth-order valence-corrected chi connectivity index (χ4v) is 4.26. The van der Waals surface area contributed by atoms with E-state index in [2.05, 4.69) is 29.2 Å². The number of likely N-dealkylation sites (tertiary alicyclic amines) is 1. The summed E-state index contributed by atoms with van der Waals surface area (Å²) in [4.78, 5) is 15.0. The van der Waals surface area contributed by atoms with E-state index in [1.807, 2.05) is 18.7 Å². The molecule has 1 unspecified atom stereocenters. The van der Waals surface area contributed by atoms with Gasteiger partial charge in [-0.2, -0.15) is 5.10 Å². The van der Waals surface area contributed by atoms with E-state index in [1.165, 1.54) is 11.3 Å². The highest BCUT2D eigenvalue weighted by atomic mass is 16.2. The van der Waals surface area contributed by atoms with Gasteiger partial charge < -0.3 is 10.2 Å². The van der Waals surface area contributed by atoms with Crippen molar-refractivity contribution in [2.24, 2.45) is 24.8 Å². The van der Waals surface area contributed by atoms with E-state index < -0.39 is 0 Å². The normalized spacial score (nSPS) is 26.0.